The van der Waals surface area contributed by atoms with Crippen molar-refractivity contribution in [3.8, 4) is 0 Å². The standard InChI is InChI=1S/C26H37N3O4S/c1-8-23(26(31)27-18(2)3)28(16-22-14-10-9-12-20(22)5)25(30)17-29(34(7,32)33)24-15-11-13-19(4)21(24)6/h9-15,18,23H,8,16-17H2,1-7H3,(H,27,31). The summed E-state index contributed by atoms with van der Waals surface area (Å²) in [5.74, 6) is -0.683. The van der Waals surface area contributed by atoms with E-state index in [0.29, 0.717) is 12.1 Å². The number of carbonyl (C=O) groups is 2. The van der Waals surface area contributed by atoms with Crippen molar-refractivity contribution in [2.24, 2.45) is 0 Å². The van der Waals surface area contributed by atoms with Crippen LogP contribution in [-0.4, -0.2) is 50.0 Å². The molecule has 0 aliphatic carbocycles. The van der Waals surface area contributed by atoms with E-state index < -0.39 is 22.0 Å². The Hall–Kier alpha value is -2.87. The second-order valence-electron chi connectivity index (χ2n) is 9.02. The van der Waals surface area contributed by atoms with Crippen molar-refractivity contribution in [1.82, 2.24) is 10.2 Å². The summed E-state index contributed by atoms with van der Waals surface area (Å²) in [5, 5.41) is 2.90. The molecule has 186 valence electrons. The predicted molar refractivity (Wildman–Crippen MR) is 137 cm³/mol. The number of nitrogens with one attached hydrogen (secondary N) is 1. The van der Waals surface area contributed by atoms with E-state index in [9.17, 15) is 18.0 Å². The summed E-state index contributed by atoms with van der Waals surface area (Å²) in [6.07, 6.45) is 1.50. The Labute approximate surface area is 204 Å². The van der Waals surface area contributed by atoms with Crippen LogP contribution >= 0.6 is 0 Å². The first-order valence-corrected chi connectivity index (χ1v) is 13.4. The van der Waals surface area contributed by atoms with Crippen molar-refractivity contribution in [1.29, 1.82) is 0 Å². The maximum Gasteiger partial charge on any atom is 0.244 e. The Morgan fingerprint density at radius 3 is 2.15 bits per heavy atom. The van der Waals surface area contributed by atoms with E-state index in [2.05, 4.69) is 5.32 Å². The molecule has 0 spiro atoms. The minimum Gasteiger partial charge on any atom is -0.352 e. The van der Waals surface area contributed by atoms with Gasteiger partial charge in [-0.25, -0.2) is 8.42 Å². The average molecular weight is 488 g/mol. The minimum atomic E-state index is -3.75. The number of anilines is 1. The number of nitrogens with zero attached hydrogens (tertiary/aromatic N) is 2. The van der Waals surface area contributed by atoms with Crippen LogP contribution in [0.25, 0.3) is 0 Å². The Morgan fingerprint density at radius 1 is 0.971 bits per heavy atom. The SMILES string of the molecule is CCC(C(=O)NC(C)C)N(Cc1ccccc1C)C(=O)CN(c1cccc(C)c1C)S(C)(=O)=O. The van der Waals surface area contributed by atoms with Crippen LogP contribution in [0, 0.1) is 20.8 Å². The van der Waals surface area contributed by atoms with E-state index >= 15 is 0 Å². The number of carbonyl (C=O) groups excluding carboxylic acids is 2. The van der Waals surface area contributed by atoms with Gasteiger partial charge in [0, 0.05) is 12.6 Å². The number of rotatable bonds is 10. The highest BCUT2D eigenvalue weighted by atomic mass is 32.2. The van der Waals surface area contributed by atoms with Gasteiger partial charge < -0.3 is 10.2 Å². The van der Waals surface area contributed by atoms with Crippen molar-refractivity contribution in [3.63, 3.8) is 0 Å². The van der Waals surface area contributed by atoms with Crippen LogP contribution in [-0.2, 0) is 26.2 Å². The molecule has 0 bridgehead atoms. The lowest BCUT2D eigenvalue weighted by atomic mass is 10.1. The number of amides is 2. The quantitative estimate of drug-likeness (QED) is 0.554. The summed E-state index contributed by atoms with van der Waals surface area (Å²) in [6.45, 7) is 11.1. The van der Waals surface area contributed by atoms with E-state index in [1.54, 1.807) is 12.1 Å². The zero-order valence-corrected chi connectivity index (χ0v) is 22.1. The molecule has 34 heavy (non-hydrogen) atoms. The molecular formula is C26H37N3O4S. The Bertz CT molecular complexity index is 1130. The van der Waals surface area contributed by atoms with Gasteiger partial charge in [0.15, 0.2) is 0 Å². The minimum absolute atomic E-state index is 0.0839. The molecule has 0 fully saturated rings. The van der Waals surface area contributed by atoms with Gasteiger partial charge in [0.1, 0.15) is 12.6 Å². The number of benzene rings is 2. The lowest BCUT2D eigenvalue weighted by Crippen LogP contribution is -2.53. The molecular weight excluding hydrogens is 450 g/mol. The molecule has 2 aromatic rings. The highest BCUT2D eigenvalue weighted by Gasteiger charge is 2.32. The predicted octanol–water partition coefficient (Wildman–Crippen LogP) is 3.71. The van der Waals surface area contributed by atoms with Crippen LogP contribution in [0.3, 0.4) is 0 Å². The van der Waals surface area contributed by atoms with Gasteiger partial charge in [-0.1, -0.05) is 43.3 Å². The summed E-state index contributed by atoms with van der Waals surface area (Å²) in [4.78, 5) is 28.2. The molecule has 0 aliphatic heterocycles. The average Bonchev–Trinajstić information content (AvgIpc) is 2.74. The first-order valence-electron chi connectivity index (χ1n) is 11.5. The fourth-order valence-corrected chi connectivity index (χ4v) is 4.77. The van der Waals surface area contributed by atoms with Crippen LogP contribution < -0.4 is 9.62 Å². The molecule has 0 heterocycles. The van der Waals surface area contributed by atoms with Crippen molar-refractivity contribution >= 4 is 27.5 Å². The molecule has 2 rings (SSSR count). The molecule has 0 saturated heterocycles. The number of sulfonamides is 1. The molecule has 0 saturated carbocycles. The van der Waals surface area contributed by atoms with Crippen LogP contribution in [0.4, 0.5) is 5.69 Å². The second-order valence-corrected chi connectivity index (χ2v) is 10.9. The largest absolute Gasteiger partial charge is 0.352 e. The number of hydrogen-bond acceptors (Lipinski definition) is 4. The summed E-state index contributed by atoms with van der Waals surface area (Å²) in [6, 6.07) is 12.2. The van der Waals surface area contributed by atoms with Crippen molar-refractivity contribution in [2.75, 3.05) is 17.1 Å². The zero-order chi connectivity index (χ0) is 25.6. The lowest BCUT2D eigenvalue weighted by molar-refractivity contribution is -0.140. The Balaban J connectivity index is 2.50. The molecule has 8 heteroatoms. The first kappa shape index (κ1) is 27.4. The summed E-state index contributed by atoms with van der Waals surface area (Å²) in [7, 11) is -3.75. The van der Waals surface area contributed by atoms with E-state index in [4.69, 9.17) is 0 Å². The molecule has 0 aliphatic rings. The maximum absolute atomic E-state index is 13.7. The molecule has 0 aromatic heterocycles. The third-order valence-electron chi connectivity index (χ3n) is 5.94. The number of aryl methyl sites for hydroxylation is 2. The molecule has 2 amide bonds. The van der Waals surface area contributed by atoms with Gasteiger partial charge >= 0.3 is 0 Å². The molecule has 7 nitrogen and oxygen atoms in total. The van der Waals surface area contributed by atoms with E-state index in [0.717, 1.165) is 32.8 Å². The Kier molecular flexibility index (Phi) is 9.27. The molecule has 1 N–H and O–H groups in total. The smallest absolute Gasteiger partial charge is 0.244 e. The summed E-state index contributed by atoms with van der Waals surface area (Å²) in [5.41, 5.74) is 4.08. The second kappa shape index (κ2) is 11.5. The van der Waals surface area contributed by atoms with Gasteiger partial charge in [0.2, 0.25) is 21.8 Å². The highest BCUT2D eigenvalue weighted by Crippen LogP contribution is 2.26. The van der Waals surface area contributed by atoms with Gasteiger partial charge in [-0.2, -0.15) is 0 Å². The van der Waals surface area contributed by atoms with Crippen LogP contribution in [0.5, 0.6) is 0 Å². The van der Waals surface area contributed by atoms with Gasteiger partial charge in [-0.05, 0) is 69.4 Å². The van der Waals surface area contributed by atoms with Crippen molar-refractivity contribution < 1.29 is 18.0 Å². The van der Waals surface area contributed by atoms with Gasteiger partial charge in [0.05, 0.1) is 11.9 Å². The topological polar surface area (TPSA) is 86.8 Å². The summed E-state index contributed by atoms with van der Waals surface area (Å²) >= 11 is 0. The molecule has 1 atom stereocenters. The fourth-order valence-electron chi connectivity index (χ4n) is 3.87. The first-order chi connectivity index (χ1) is 15.9. The maximum atomic E-state index is 13.7. The van der Waals surface area contributed by atoms with Crippen molar-refractivity contribution in [3.05, 3.63) is 64.7 Å². The monoisotopic (exact) mass is 487 g/mol. The molecule has 2 aromatic carbocycles. The van der Waals surface area contributed by atoms with Crippen LogP contribution in [0.2, 0.25) is 0 Å². The van der Waals surface area contributed by atoms with E-state index in [-0.39, 0.29) is 25.0 Å². The van der Waals surface area contributed by atoms with Crippen LogP contribution in [0.1, 0.15) is 49.4 Å². The summed E-state index contributed by atoms with van der Waals surface area (Å²) < 4.78 is 26.7. The van der Waals surface area contributed by atoms with E-state index in [1.165, 1.54) is 4.90 Å². The van der Waals surface area contributed by atoms with Gasteiger partial charge in [-0.3, -0.25) is 13.9 Å². The molecule has 0 radical (unpaired) electrons. The highest BCUT2D eigenvalue weighted by molar-refractivity contribution is 7.92. The van der Waals surface area contributed by atoms with Gasteiger partial charge in [0.25, 0.3) is 0 Å². The van der Waals surface area contributed by atoms with Gasteiger partial charge in [-0.15, -0.1) is 0 Å². The molecule has 1 unspecified atom stereocenters. The Morgan fingerprint density at radius 2 is 1.59 bits per heavy atom. The zero-order valence-electron chi connectivity index (χ0n) is 21.3. The number of hydrogen-bond donors (Lipinski definition) is 1. The van der Waals surface area contributed by atoms with Crippen LogP contribution in [0.15, 0.2) is 42.5 Å². The van der Waals surface area contributed by atoms with E-state index in [1.807, 2.05) is 71.9 Å². The fraction of sp³-hybridized carbons (Fsp3) is 0.462. The third-order valence-corrected chi connectivity index (χ3v) is 7.07. The third kappa shape index (κ3) is 6.82. The lowest BCUT2D eigenvalue weighted by Gasteiger charge is -2.34. The van der Waals surface area contributed by atoms with Crippen molar-refractivity contribution in [2.45, 2.75) is 66.6 Å². The normalized spacial score (nSPS) is 12.4.